The van der Waals surface area contributed by atoms with E-state index in [0.717, 1.165) is 18.4 Å². The first-order chi connectivity index (χ1) is 14.0. The van der Waals surface area contributed by atoms with Crippen molar-refractivity contribution in [2.45, 2.75) is 39.5 Å². The molecule has 29 heavy (non-hydrogen) atoms. The smallest absolute Gasteiger partial charge is 0.386 e. The van der Waals surface area contributed by atoms with Crippen molar-refractivity contribution in [3.63, 3.8) is 0 Å². The maximum atomic E-state index is 13.7. The summed E-state index contributed by atoms with van der Waals surface area (Å²) in [4.78, 5) is 12.5. The number of phosphoric acid groups is 1. The van der Waals surface area contributed by atoms with Crippen LogP contribution in [0.25, 0.3) is 0 Å². The molecule has 152 valence electrons. The Morgan fingerprint density at radius 2 is 1.38 bits per heavy atom. The van der Waals surface area contributed by atoms with Crippen molar-refractivity contribution >= 4 is 13.6 Å². The van der Waals surface area contributed by atoms with Gasteiger partial charge in [-0.1, -0.05) is 42.0 Å². The van der Waals surface area contributed by atoms with Gasteiger partial charge in [0.25, 0.3) is 0 Å². The third-order valence-corrected chi connectivity index (χ3v) is 5.55. The highest BCUT2D eigenvalue weighted by atomic mass is 31.2. The van der Waals surface area contributed by atoms with Gasteiger partial charge in [0.05, 0.1) is 0 Å². The van der Waals surface area contributed by atoms with E-state index in [1.54, 1.807) is 54.6 Å². The minimum absolute atomic E-state index is 0.00900. The minimum Gasteiger partial charge on any atom is -0.386 e. The van der Waals surface area contributed by atoms with Crippen LogP contribution < -0.4 is 9.05 Å². The summed E-state index contributed by atoms with van der Waals surface area (Å²) in [7, 11) is -4.12. The monoisotopic (exact) mass is 412 g/mol. The van der Waals surface area contributed by atoms with Crippen molar-refractivity contribution in [1.29, 1.82) is 0 Å². The largest absolute Gasteiger partial charge is 0.647 e. The van der Waals surface area contributed by atoms with Crippen molar-refractivity contribution < 1.29 is 22.9 Å². The van der Waals surface area contributed by atoms with Crippen LogP contribution in [0.3, 0.4) is 0 Å². The number of phosphoric ester groups is 1. The summed E-state index contributed by atoms with van der Waals surface area (Å²) >= 11 is 0. The SMILES string of the molecule is CC(C)=C/C(OP(=O)(Oc1ccccc1)Oc1ccccc1)=C1\CCCCC1=O. The van der Waals surface area contributed by atoms with Crippen LogP contribution >= 0.6 is 7.82 Å². The van der Waals surface area contributed by atoms with Crippen LogP contribution in [0.1, 0.15) is 39.5 Å². The number of carbonyl (C=O) groups is 1. The molecule has 0 heterocycles. The Labute approximate surface area is 171 Å². The second-order valence-electron chi connectivity index (χ2n) is 7.04. The molecule has 1 fully saturated rings. The molecule has 0 aromatic heterocycles. The van der Waals surface area contributed by atoms with Crippen LogP contribution in [0.5, 0.6) is 11.5 Å². The average molecular weight is 412 g/mol. The number of para-hydroxylation sites is 2. The highest BCUT2D eigenvalue weighted by molar-refractivity contribution is 7.49. The first-order valence-corrected chi connectivity index (χ1v) is 11.1. The van der Waals surface area contributed by atoms with Gasteiger partial charge in [-0.2, -0.15) is 4.57 Å². The Balaban J connectivity index is 1.99. The second kappa shape index (κ2) is 9.62. The van der Waals surface area contributed by atoms with Crippen LogP contribution in [0.4, 0.5) is 0 Å². The zero-order valence-electron chi connectivity index (χ0n) is 16.7. The number of Topliss-reactive ketones (excluding diaryl/α,β-unsaturated/α-hetero) is 1. The molecule has 6 heteroatoms. The van der Waals surface area contributed by atoms with Crippen LogP contribution in [0.15, 0.2) is 83.6 Å². The van der Waals surface area contributed by atoms with E-state index in [9.17, 15) is 9.36 Å². The first kappa shape index (κ1) is 20.9. The molecular formula is C23H25O5P. The summed E-state index contributed by atoms with van der Waals surface area (Å²) < 4.78 is 30.9. The lowest BCUT2D eigenvalue weighted by atomic mass is 9.92. The Morgan fingerprint density at radius 3 is 1.86 bits per heavy atom. The Bertz CT molecular complexity index is 898. The summed E-state index contributed by atoms with van der Waals surface area (Å²) in [5.41, 5.74) is 1.45. The van der Waals surface area contributed by atoms with E-state index >= 15 is 0 Å². The van der Waals surface area contributed by atoms with E-state index < -0.39 is 7.82 Å². The molecule has 0 atom stereocenters. The molecule has 5 nitrogen and oxygen atoms in total. The maximum Gasteiger partial charge on any atom is 0.647 e. The predicted octanol–water partition coefficient (Wildman–Crippen LogP) is 6.63. The topological polar surface area (TPSA) is 61.8 Å². The molecule has 0 saturated heterocycles. The van der Waals surface area contributed by atoms with E-state index in [2.05, 4.69) is 0 Å². The molecule has 0 amide bonds. The van der Waals surface area contributed by atoms with Crippen LogP contribution in [0, 0.1) is 0 Å². The lowest BCUT2D eigenvalue weighted by molar-refractivity contribution is -0.116. The summed E-state index contributed by atoms with van der Waals surface area (Å²) in [5.74, 6) is 0.964. The number of hydrogen-bond donors (Lipinski definition) is 0. The summed E-state index contributed by atoms with van der Waals surface area (Å²) in [6.07, 6.45) is 4.49. The van der Waals surface area contributed by atoms with Gasteiger partial charge in [-0.15, -0.1) is 0 Å². The normalized spacial score (nSPS) is 16.0. The summed E-state index contributed by atoms with van der Waals surface area (Å²) in [6, 6.07) is 17.4. The van der Waals surface area contributed by atoms with Gasteiger partial charge in [-0.3, -0.25) is 4.79 Å². The Morgan fingerprint density at radius 1 is 0.862 bits per heavy atom. The number of hydrogen-bond acceptors (Lipinski definition) is 5. The highest BCUT2D eigenvalue weighted by Gasteiger charge is 2.35. The Kier molecular flexibility index (Phi) is 6.95. The molecule has 0 radical (unpaired) electrons. The van der Waals surface area contributed by atoms with Gasteiger partial charge in [0.2, 0.25) is 0 Å². The van der Waals surface area contributed by atoms with E-state index in [1.165, 1.54) is 0 Å². The van der Waals surface area contributed by atoms with Gasteiger partial charge in [0, 0.05) is 12.0 Å². The van der Waals surface area contributed by atoms with Gasteiger partial charge in [0.15, 0.2) is 5.78 Å². The van der Waals surface area contributed by atoms with E-state index in [4.69, 9.17) is 13.6 Å². The molecular weight excluding hydrogens is 387 g/mol. The molecule has 1 aliphatic carbocycles. The van der Waals surface area contributed by atoms with Gasteiger partial charge >= 0.3 is 7.82 Å². The number of benzene rings is 2. The van der Waals surface area contributed by atoms with Crippen molar-refractivity contribution in [2.24, 2.45) is 0 Å². The molecule has 1 aliphatic rings. The van der Waals surface area contributed by atoms with Crippen molar-refractivity contribution in [1.82, 2.24) is 0 Å². The third-order valence-electron chi connectivity index (χ3n) is 4.27. The third kappa shape index (κ3) is 6.10. The van der Waals surface area contributed by atoms with Gasteiger partial charge in [0.1, 0.15) is 17.3 Å². The quantitative estimate of drug-likeness (QED) is 0.290. The molecule has 0 unspecified atom stereocenters. The summed E-state index contributed by atoms with van der Waals surface area (Å²) in [6.45, 7) is 3.77. The lowest BCUT2D eigenvalue weighted by Crippen LogP contribution is -2.13. The maximum absolute atomic E-state index is 13.7. The highest BCUT2D eigenvalue weighted by Crippen LogP contribution is 2.52. The van der Waals surface area contributed by atoms with Crippen molar-refractivity contribution in [3.05, 3.63) is 83.6 Å². The van der Waals surface area contributed by atoms with E-state index in [-0.39, 0.29) is 11.5 Å². The van der Waals surface area contributed by atoms with Crippen LogP contribution in [-0.4, -0.2) is 5.78 Å². The fraction of sp³-hybridized carbons (Fsp3) is 0.261. The molecule has 0 N–H and O–H groups in total. The number of ketones is 1. The van der Waals surface area contributed by atoms with Gasteiger partial charge < -0.3 is 13.6 Å². The van der Waals surface area contributed by atoms with Crippen molar-refractivity contribution in [2.75, 3.05) is 0 Å². The van der Waals surface area contributed by atoms with Crippen LogP contribution in [0.2, 0.25) is 0 Å². The first-order valence-electron chi connectivity index (χ1n) is 9.65. The van der Waals surface area contributed by atoms with Crippen LogP contribution in [-0.2, 0) is 13.9 Å². The predicted molar refractivity (Wildman–Crippen MR) is 113 cm³/mol. The molecule has 1 saturated carbocycles. The van der Waals surface area contributed by atoms with E-state index in [1.807, 2.05) is 26.0 Å². The fourth-order valence-corrected chi connectivity index (χ4v) is 4.24. The molecule has 0 aliphatic heterocycles. The minimum atomic E-state index is -4.12. The van der Waals surface area contributed by atoms with Gasteiger partial charge in [-0.25, -0.2) is 0 Å². The zero-order valence-corrected chi connectivity index (χ0v) is 17.6. The zero-order chi connectivity index (χ0) is 20.7. The summed E-state index contributed by atoms with van der Waals surface area (Å²) in [5, 5.41) is 0. The number of allylic oxidation sites excluding steroid dienone is 3. The number of carbonyl (C=O) groups excluding carboxylic acids is 1. The molecule has 2 aromatic carbocycles. The standard InChI is InChI=1S/C23H25O5P/c1-18(2)17-23(21-15-9-10-16-22(21)24)28-29(25,26-19-11-5-3-6-12-19)27-20-13-7-4-8-14-20/h3-8,11-14,17H,9-10,15-16H2,1-2H3/b23-21-. The van der Waals surface area contributed by atoms with E-state index in [0.29, 0.717) is 29.9 Å². The molecule has 0 bridgehead atoms. The van der Waals surface area contributed by atoms with Gasteiger partial charge in [-0.05, 0) is 63.5 Å². The fourth-order valence-electron chi connectivity index (χ4n) is 2.97. The molecule has 2 aromatic rings. The second-order valence-corrected chi connectivity index (χ2v) is 8.48. The molecule has 0 spiro atoms. The lowest BCUT2D eigenvalue weighted by Gasteiger charge is -2.22. The average Bonchev–Trinajstić information content (AvgIpc) is 2.69. The molecule has 3 rings (SSSR count). The number of rotatable bonds is 7. The van der Waals surface area contributed by atoms with Crippen molar-refractivity contribution in [3.8, 4) is 11.5 Å². The Hall–Kier alpha value is -2.78.